The number of rotatable bonds is 4. The fraction of sp³-hybridized carbons (Fsp3) is 0.400. The highest BCUT2D eigenvalue weighted by atomic mass is 35.5. The Morgan fingerprint density at radius 3 is 2.50 bits per heavy atom. The van der Waals surface area contributed by atoms with E-state index in [2.05, 4.69) is 10.3 Å². The Hall–Kier alpha value is -3.51. The van der Waals surface area contributed by atoms with Gasteiger partial charge in [-0.05, 0) is 32.9 Å². The van der Waals surface area contributed by atoms with Gasteiger partial charge in [0.2, 0.25) is 0 Å². The molecular weight excluding hydrogens is 529 g/mol. The minimum Gasteiger partial charge on any atom is -0.453 e. The van der Waals surface area contributed by atoms with Crippen LogP contribution in [0.3, 0.4) is 0 Å². The summed E-state index contributed by atoms with van der Waals surface area (Å²) in [5.41, 5.74) is -1.19. The Labute approximate surface area is 221 Å². The number of carbonyl (C=O) groups excluding carboxylic acids is 2. The zero-order valence-electron chi connectivity index (χ0n) is 21.1. The first kappa shape index (κ1) is 27.5. The van der Waals surface area contributed by atoms with Crippen molar-refractivity contribution in [2.75, 3.05) is 32.1 Å². The molecule has 1 aliphatic rings. The van der Waals surface area contributed by atoms with Gasteiger partial charge in [0.1, 0.15) is 22.9 Å². The van der Waals surface area contributed by atoms with Crippen molar-refractivity contribution < 1.29 is 37.0 Å². The summed E-state index contributed by atoms with van der Waals surface area (Å²) in [6, 6.07) is 3.10. The smallest absolute Gasteiger partial charge is 0.412 e. The lowest BCUT2D eigenvalue weighted by Gasteiger charge is -2.32. The molecule has 0 unspecified atom stereocenters. The van der Waals surface area contributed by atoms with Gasteiger partial charge in [0.05, 0.1) is 48.3 Å². The second-order valence-corrected chi connectivity index (χ2v) is 10.1. The van der Waals surface area contributed by atoms with Crippen molar-refractivity contribution in [3.05, 3.63) is 52.6 Å². The van der Waals surface area contributed by atoms with Gasteiger partial charge in [-0.25, -0.2) is 27.7 Å². The number of halogens is 4. The average Bonchev–Trinajstić information content (AvgIpc) is 3.13. The minimum atomic E-state index is -1.02. The van der Waals surface area contributed by atoms with Crippen molar-refractivity contribution in [3.8, 4) is 11.3 Å². The first-order valence-corrected chi connectivity index (χ1v) is 12.0. The van der Waals surface area contributed by atoms with Gasteiger partial charge in [-0.3, -0.25) is 5.32 Å². The number of aromatic nitrogens is 2. The molecule has 2 aromatic heterocycles. The molecular formula is C25H26ClF3N4O5. The highest BCUT2D eigenvalue weighted by Gasteiger charge is 2.29. The number of morpholine rings is 1. The predicted molar refractivity (Wildman–Crippen MR) is 133 cm³/mol. The number of anilines is 1. The number of hydrogen-bond acceptors (Lipinski definition) is 6. The molecule has 13 heteroatoms. The molecule has 4 rings (SSSR count). The fourth-order valence-electron chi connectivity index (χ4n) is 4.13. The van der Waals surface area contributed by atoms with Crippen molar-refractivity contribution in [2.24, 2.45) is 0 Å². The highest BCUT2D eigenvalue weighted by molar-refractivity contribution is 6.31. The quantitative estimate of drug-likeness (QED) is 0.462. The summed E-state index contributed by atoms with van der Waals surface area (Å²) in [7, 11) is 1.26. The predicted octanol–water partition coefficient (Wildman–Crippen LogP) is 5.43. The summed E-state index contributed by atoms with van der Waals surface area (Å²) in [5, 5.41) is 2.08. The molecule has 1 atom stereocenters. The Balaban J connectivity index is 1.74. The molecule has 1 fully saturated rings. The molecule has 3 heterocycles. The van der Waals surface area contributed by atoms with E-state index in [-0.39, 0.29) is 47.3 Å². The largest absolute Gasteiger partial charge is 0.453 e. The number of imidazole rings is 1. The monoisotopic (exact) mass is 554 g/mol. The van der Waals surface area contributed by atoms with Crippen LogP contribution in [0.25, 0.3) is 16.9 Å². The number of methoxy groups -OCH3 is 1. The van der Waals surface area contributed by atoms with Crippen LogP contribution in [0.2, 0.25) is 5.02 Å². The Morgan fingerprint density at radius 2 is 1.87 bits per heavy atom. The normalized spacial score (nSPS) is 16.0. The summed E-state index contributed by atoms with van der Waals surface area (Å²) in [4.78, 5) is 29.8. The zero-order valence-corrected chi connectivity index (χ0v) is 21.9. The third-order valence-corrected chi connectivity index (χ3v) is 5.97. The van der Waals surface area contributed by atoms with E-state index in [0.29, 0.717) is 6.54 Å². The third-order valence-electron chi connectivity index (χ3n) is 5.68. The van der Waals surface area contributed by atoms with Crippen molar-refractivity contribution in [1.82, 2.24) is 14.3 Å². The van der Waals surface area contributed by atoms with E-state index in [9.17, 15) is 14.0 Å². The number of fused-ring (bicyclic) bond motifs is 1. The van der Waals surface area contributed by atoms with E-state index >= 15 is 8.78 Å². The maximum absolute atomic E-state index is 15.4. The number of hydrogen-bond donors (Lipinski definition) is 1. The van der Waals surface area contributed by atoms with Gasteiger partial charge >= 0.3 is 12.2 Å². The van der Waals surface area contributed by atoms with Crippen molar-refractivity contribution >= 4 is 35.1 Å². The number of ether oxygens (including phenoxy) is 3. The number of nitrogens with one attached hydrogen (secondary N) is 1. The number of benzene rings is 1. The van der Waals surface area contributed by atoms with E-state index < -0.39 is 46.9 Å². The van der Waals surface area contributed by atoms with Gasteiger partial charge < -0.3 is 23.5 Å². The standard InChI is InChI=1S/C25H26ClF3N4O5/c1-25(2,3)38-23(34)30-13-7-16(27)21(17(28)8-13)22-19(33-12-18(29)15(26)10-20(33)31-22)9-14-11-32(5-6-37-14)24(35)36-4/h7-8,10,12,14H,5-6,9,11H2,1-4H3,(H,30,34)/t14-/m0/s1. The summed E-state index contributed by atoms with van der Waals surface area (Å²) in [6.45, 7) is 5.60. The van der Waals surface area contributed by atoms with E-state index in [0.717, 1.165) is 18.3 Å². The number of pyridine rings is 1. The van der Waals surface area contributed by atoms with Crippen LogP contribution in [-0.2, 0) is 20.6 Å². The second-order valence-electron chi connectivity index (χ2n) is 9.66. The third kappa shape index (κ3) is 5.97. The van der Waals surface area contributed by atoms with Crippen LogP contribution in [-0.4, -0.2) is 65.0 Å². The molecule has 204 valence electrons. The van der Waals surface area contributed by atoms with Crippen LogP contribution in [0, 0.1) is 17.5 Å². The lowest BCUT2D eigenvalue weighted by atomic mass is 10.0. The molecule has 0 bridgehead atoms. The fourth-order valence-corrected chi connectivity index (χ4v) is 4.28. The van der Waals surface area contributed by atoms with Gasteiger partial charge in [0.25, 0.3) is 0 Å². The van der Waals surface area contributed by atoms with Crippen LogP contribution in [0.1, 0.15) is 26.5 Å². The molecule has 38 heavy (non-hydrogen) atoms. The number of amides is 2. The second kappa shape index (κ2) is 10.7. The van der Waals surface area contributed by atoms with Crippen molar-refractivity contribution in [3.63, 3.8) is 0 Å². The molecule has 1 N–H and O–H groups in total. The summed E-state index contributed by atoms with van der Waals surface area (Å²) in [5.74, 6) is -2.80. The van der Waals surface area contributed by atoms with Gasteiger partial charge in [-0.1, -0.05) is 11.6 Å². The van der Waals surface area contributed by atoms with Crippen LogP contribution < -0.4 is 5.32 Å². The van der Waals surface area contributed by atoms with Gasteiger partial charge in [-0.2, -0.15) is 0 Å². The Kier molecular flexibility index (Phi) is 7.75. The molecule has 0 radical (unpaired) electrons. The molecule has 9 nitrogen and oxygen atoms in total. The molecule has 0 spiro atoms. The van der Waals surface area contributed by atoms with Gasteiger partial charge in [0.15, 0.2) is 5.82 Å². The summed E-state index contributed by atoms with van der Waals surface area (Å²) >= 11 is 5.92. The Bertz CT molecular complexity index is 1370. The topological polar surface area (TPSA) is 94.4 Å². The molecule has 0 saturated carbocycles. The van der Waals surface area contributed by atoms with E-state index in [4.69, 9.17) is 25.8 Å². The number of nitrogens with zero attached hydrogens (tertiary/aromatic N) is 3. The van der Waals surface area contributed by atoms with E-state index in [1.165, 1.54) is 22.5 Å². The SMILES string of the molecule is COC(=O)N1CCO[C@@H](Cc2c(-c3c(F)cc(NC(=O)OC(C)(C)C)cc3F)nc3cc(Cl)c(F)cn23)C1. The van der Waals surface area contributed by atoms with E-state index in [1.807, 2.05) is 0 Å². The average molecular weight is 555 g/mol. The summed E-state index contributed by atoms with van der Waals surface area (Å²) in [6.07, 6.45) is -0.924. The first-order valence-electron chi connectivity index (χ1n) is 11.7. The molecule has 1 saturated heterocycles. The Morgan fingerprint density at radius 1 is 1.18 bits per heavy atom. The molecule has 1 aliphatic heterocycles. The molecule has 3 aromatic rings. The summed E-state index contributed by atoms with van der Waals surface area (Å²) < 4.78 is 62.1. The number of carbonyl (C=O) groups is 2. The van der Waals surface area contributed by atoms with Gasteiger partial charge in [-0.15, -0.1) is 0 Å². The van der Waals surface area contributed by atoms with Crippen LogP contribution >= 0.6 is 11.6 Å². The molecule has 2 amide bonds. The lowest BCUT2D eigenvalue weighted by Crippen LogP contribution is -2.46. The van der Waals surface area contributed by atoms with Crippen molar-refractivity contribution in [2.45, 2.75) is 38.9 Å². The highest BCUT2D eigenvalue weighted by Crippen LogP contribution is 2.34. The van der Waals surface area contributed by atoms with Crippen LogP contribution in [0.4, 0.5) is 28.4 Å². The zero-order chi connectivity index (χ0) is 27.8. The maximum atomic E-state index is 15.4. The van der Waals surface area contributed by atoms with Crippen LogP contribution in [0.5, 0.6) is 0 Å². The minimum absolute atomic E-state index is 0.0296. The van der Waals surface area contributed by atoms with Crippen molar-refractivity contribution in [1.29, 1.82) is 0 Å². The van der Waals surface area contributed by atoms with Gasteiger partial charge in [0, 0.05) is 30.9 Å². The first-order chi connectivity index (χ1) is 17.9. The maximum Gasteiger partial charge on any atom is 0.412 e. The lowest BCUT2D eigenvalue weighted by molar-refractivity contribution is -0.0241. The van der Waals surface area contributed by atoms with E-state index in [1.54, 1.807) is 20.8 Å². The van der Waals surface area contributed by atoms with Crippen LogP contribution in [0.15, 0.2) is 24.4 Å². The molecule has 1 aromatic carbocycles. The molecule has 0 aliphatic carbocycles.